The minimum absolute atomic E-state index is 0.0560. The maximum absolute atomic E-state index is 13.5. The Morgan fingerprint density at radius 3 is 2.03 bits per heavy atom. The fourth-order valence-electron chi connectivity index (χ4n) is 4.33. The number of nitrogens with zero attached hydrogens (tertiary/aromatic N) is 3. The summed E-state index contributed by atoms with van der Waals surface area (Å²) in [5.74, 6) is -0.503. The van der Waals surface area contributed by atoms with Gasteiger partial charge in [0.2, 0.25) is 5.91 Å². The van der Waals surface area contributed by atoms with Crippen molar-refractivity contribution < 1.29 is 31.1 Å². The van der Waals surface area contributed by atoms with E-state index in [1.165, 1.54) is 6.92 Å². The lowest BCUT2D eigenvalue weighted by molar-refractivity contribution is -0.143. The molecule has 0 bridgehead atoms. The summed E-state index contributed by atoms with van der Waals surface area (Å²) in [6.07, 6.45) is -8.49. The Labute approximate surface area is 191 Å². The summed E-state index contributed by atoms with van der Waals surface area (Å²) in [5, 5.41) is 6.34. The topological polar surface area (TPSA) is 77.9 Å². The molecule has 1 fully saturated rings. The number of hydrogen-bond donors (Lipinski definition) is 1. The number of azide groups is 1. The van der Waals surface area contributed by atoms with E-state index in [0.717, 1.165) is 0 Å². The number of amides is 1. The molecular weight excluding hydrogens is 462 g/mol. The number of benzene rings is 2. The standard InChI is InChI=1S/C23H22F6N4O/c1-14(15-11-17(22(24,25)26)13-18(12-15)23(27,28)29)31-20(34)21(16-5-3-2-4-6-16)9-7-19(8-10-21)32-33-30/h2-6,11-14,19H,7-10H2,1H3,(H,31,34). The van der Waals surface area contributed by atoms with Crippen LogP contribution in [0.25, 0.3) is 10.4 Å². The number of nitrogens with one attached hydrogen (secondary N) is 1. The summed E-state index contributed by atoms with van der Waals surface area (Å²) in [5.41, 5.74) is 5.15. The normalized spacial score (nSPS) is 21.9. The van der Waals surface area contributed by atoms with Crippen LogP contribution in [0.3, 0.4) is 0 Å². The van der Waals surface area contributed by atoms with Gasteiger partial charge in [-0.15, -0.1) is 0 Å². The Morgan fingerprint density at radius 1 is 1.03 bits per heavy atom. The van der Waals surface area contributed by atoms with Crippen LogP contribution in [-0.2, 0) is 22.6 Å². The van der Waals surface area contributed by atoms with E-state index in [0.29, 0.717) is 43.4 Å². The van der Waals surface area contributed by atoms with Crippen molar-refractivity contribution in [1.82, 2.24) is 5.32 Å². The molecule has 34 heavy (non-hydrogen) atoms. The Balaban J connectivity index is 1.94. The van der Waals surface area contributed by atoms with Crippen molar-refractivity contribution in [2.24, 2.45) is 5.11 Å². The van der Waals surface area contributed by atoms with Crippen molar-refractivity contribution in [2.45, 2.75) is 62.5 Å². The van der Waals surface area contributed by atoms with E-state index in [2.05, 4.69) is 15.3 Å². The third-order valence-corrected chi connectivity index (χ3v) is 6.24. The van der Waals surface area contributed by atoms with Gasteiger partial charge in [-0.05, 0) is 67.5 Å². The monoisotopic (exact) mass is 484 g/mol. The molecule has 1 aliphatic rings. The average molecular weight is 484 g/mol. The number of halogens is 6. The second-order valence-corrected chi connectivity index (χ2v) is 8.42. The van der Waals surface area contributed by atoms with Gasteiger partial charge < -0.3 is 5.32 Å². The lowest BCUT2D eigenvalue weighted by Crippen LogP contribution is -2.48. The molecule has 0 heterocycles. The summed E-state index contributed by atoms with van der Waals surface area (Å²) < 4.78 is 79.5. The van der Waals surface area contributed by atoms with Crippen LogP contribution in [0.1, 0.15) is 60.9 Å². The van der Waals surface area contributed by atoms with Crippen molar-refractivity contribution in [2.75, 3.05) is 0 Å². The Morgan fingerprint density at radius 2 is 1.56 bits per heavy atom. The Bertz CT molecular complexity index is 1040. The van der Waals surface area contributed by atoms with E-state index in [9.17, 15) is 31.1 Å². The zero-order chi connectivity index (χ0) is 25.1. The van der Waals surface area contributed by atoms with Gasteiger partial charge in [0.1, 0.15) is 0 Å². The third kappa shape index (κ3) is 5.47. The van der Waals surface area contributed by atoms with Crippen LogP contribution >= 0.6 is 0 Å². The highest BCUT2D eigenvalue weighted by molar-refractivity contribution is 5.88. The van der Waals surface area contributed by atoms with E-state index < -0.39 is 40.8 Å². The first kappa shape index (κ1) is 25.4. The first-order valence-electron chi connectivity index (χ1n) is 10.6. The third-order valence-electron chi connectivity index (χ3n) is 6.24. The molecule has 0 saturated heterocycles. The summed E-state index contributed by atoms with van der Waals surface area (Å²) in [6, 6.07) is 8.66. The van der Waals surface area contributed by atoms with Gasteiger partial charge in [0, 0.05) is 11.0 Å². The molecule has 0 aromatic heterocycles. The van der Waals surface area contributed by atoms with Gasteiger partial charge >= 0.3 is 12.4 Å². The molecule has 3 rings (SSSR count). The van der Waals surface area contributed by atoms with Gasteiger partial charge in [0.15, 0.2) is 0 Å². The molecule has 182 valence electrons. The highest BCUT2D eigenvalue weighted by atomic mass is 19.4. The second kappa shape index (κ2) is 9.58. The molecule has 0 spiro atoms. The predicted molar refractivity (Wildman–Crippen MR) is 113 cm³/mol. The molecule has 11 heteroatoms. The molecule has 1 saturated carbocycles. The van der Waals surface area contributed by atoms with Gasteiger partial charge in [0.05, 0.1) is 22.6 Å². The number of hydrogen-bond acceptors (Lipinski definition) is 2. The van der Waals surface area contributed by atoms with Crippen molar-refractivity contribution in [3.8, 4) is 0 Å². The van der Waals surface area contributed by atoms with E-state index >= 15 is 0 Å². The second-order valence-electron chi connectivity index (χ2n) is 8.42. The Kier molecular flexibility index (Phi) is 7.16. The quantitative estimate of drug-likeness (QED) is 0.209. The van der Waals surface area contributed by atoms with E-state index in [1.54, 1.807) is 30.3 Å². The summed E-state index contributed by atoms with van der Waals surface area (Å²) in [6.45, 7) is 1.35. The van der Waals surface area contributed by atoms with Gasteiger partial charge in [-0.1, -0.05) is 35.4 Å². The van der Waals surface area contributed by atoms with Gasteiger partial charge in [-0.25, -0.2) is 0 Å². The van der Waals surface area contributed by atoms with Gasteiger partial charge in [0.25, 0.3) is 0 Å². The molecular formula is C23H22F6N4O. The smallest absolute Gasteiger partial charge is 0.349 e. The molecule has 1 unspecified atom stereocenters. The van der Waals surface area contributed by atoms with Crippen LogP contribution in [0.4, 0.5) is 26.3 Å². The fourth-order valence-corrected chi connectivity index (χ4v) is 4.33. The molecule has 1 aliphatic carbocycles. The Hall–Kier alpha value is -3.20. The van der Waals surface area contributed by atoms with Crippen LogP contribution in [0.5, 0.6) is 0 Å². The molecule has 5 nitrogen and oxygen atoms in total. The maximum atomic E-state index is 13.5. The fraction of sp³-hybridized carbons (Fsp3) is 0.435. The minimum Gasteiger partial charge on any atom is -0.349 e. The number of rotatable bonds is 5. The average Bonchev–Trinajstić information content (AvgIpc) is 2.79. The predicted octanol–water partition coefficient (Wildman–Crippen LogP) is 7.09. The first-order valence-corrected chi connectivity index (χ1v) is 10.6. The molecule has 0 radical (unpaired) electrons. The van der Waals surface area contributed by atoms with Crippen LogP contribution in [0.15, 0.2) is 53.6 Å². The molecule has 2 aromatic rings. The lowest BCUT2D eigenvalue weighted by Gasteiger charge is -2.39. The maximum Gasteiger partial charge on any atom is 0.416 e. The zero-order valence-corrected chi connectivity index (χ0v) is 18.1. The van der Waals surface area contributed by atoms with E-state index in [4.69, 9.17) is 5.53 Å². The number of alkyl halides is 6. The van der Waals surface area contributed by atoms with Crippen LogP contribution in [0.2, 0.25) is 0 Å². The number of carbonyl (C=O) groups is 1. The molecule has 1 N–H and O–H groups in total. The van der Waals surface area contributed by atoms with E-state index in [1.807, 2.05) is 0 Å². The van der Waals surface area contributed by atoms with Crippen LogP contribution < -0.4 is 5.32 Å². The van der Waals surface area contributed by atoms with Crippen LogP contribution in [0, 0.1) is 0 Å². The SMILES string of the molecule is CC(NC(=O)C1(c2ccccc2)CCC(N=[N+]=[N-])CC1)c1cc(C(F)(F)F)cc(C(F)(F)F)c1. The van der Waals surface area contributed by atoms with Gasteiger partial charge in [-0.3, -0.25) is 4.79 Å². The summed E-state index contributed by atoms with van der Waals surface area (Å²) >= 11 is 0. The summed E-state index contributed by atoms with van der Waals surface area (Å²) in [7, 11) is 0. The van der Waals surface area contributed by atoms with Crippen molar-refractivity contribution in [3.05, 3.63) is 81.2 Å². The molecule has 1 amide bonds. The van der Waals surface area contributed by atoms with Crippen molar-refractivity contribution in [3.63, 3.8) is 0 Å². The number of carbonyl (C=O) groups excluding carboxylic acids is 1. The van der Waals surface area contributed by atoms with Crippen LogP contribution in [-0.4, -0.2) is 11.9 Å². The lowest BCUT2D eigenvalue weighted by atomic mass is 9.67. The highest BCUT2D eigenvalue weighted by Gasteiger charge is 2.44. The van der Waals surface area contributed by atoms with Crippen molar-refractivity contribution in [1.29, 1.82) is 0 Å². The molecule has 1 atom stereocenters. The molecule has 2 aromatic carbocycles. The summed E-state index contributed by atoms with van der Waals surface area (Å²) in [4.78, 5) is 16.3. The molecule has 0 aliphatic heterocycles. The zero-order valence-electron chi connectivity index (χ0n) is 18.1. The highest BCUT2D eigenvalue weighted by Crippen LogP contribution is 2.42. The van der Waals surface area contributed by atoms with E-state index in [-0.39, 0.29) is 17.7 Å². The largest absolute Gasteiger partial charge is 0.416 e. The minimum atomic E-state index is -4.98. The van der Waals surface area contributed by atoms with Gasteiger partial charge in [-0.2, -0.15) is 26.3 Å². The van der Waals surface area contributed by atoms with Crippen molar-refractivity contribution >= 4 is 5.91 Å². The first-order chi connectivity index (χ1) is 15.9.